The monoisotopic (exact) mass is 371 g/mol. The van der Waals surface area contributed by atoms with Crippen LogP contribution >= 0.6 is 11.6 Å². The minimum atomic E-state index is -0.444. The van der Waals surface area contributed by atoms with Crippen molar-refractivity contribution in [3.63, 3.8) is 0 Å². The Morgan fingerprint density at radius 2 is 2.08 bits per heavy atom. The third kappa shape index (κ3) is 4.21. The van der Waals surface area contributed by atoms with Crippen LogP contribution in [-0.2, 0) is 9.59 Å². The van der Waals surface area contributed by atoms with E-state index < -0.39 is 5.92 Å². The molecular formula is C19H18ClN3O3. The summed E-state index contributed by atoms with van der Waals surface area (Å²) >= 11 is 5.87. The molecule has 1 atom stereocenters. The van der Waals surface area contributed by atoms with Gasteiger partial charge in [-0.3, -0.25) is 9.59 Å². The molecule has 2 aromatic rings. The Morgan fingerprint density at radius 3 is 2.81 bits per heavy atom. The van der Waals surface area contributed by atoms with Gasteiger partial charge in [-0.25, -0.2) is 5.43 Å². The predicted octanol–water partition coefficient (Wildman–Crippen LogP) is 2.85. The van der Waals surface area contributed by atoms with E-state index in [9.17, 15) is 9.59 Å². The lowest BCUT2D eigenvalue weighted by Crippen LogP contribution is -2.30. The fraction of sp³-hybridized carbons (Fsp3) is 0.211. The molecule has 1 aliphatic rings. The van der Waals surface area contributed by atoms with Gasteiger partial charge in [-0.2, -0.15) is 5.10 Å². The smallest absolute Gasteiger partial charge is 0.245 e. The van der Waals surface area contributed by atoms with Crippen LogP contribution in [-0.4, -0.2) is 31.7 Å². The number of methoxy groups -OCH3 is 1. The summed E-state index contributed by atoms with van der Waals surface area (Å²) in [5.74, 6) is -0.112. The molecule has 0 aromatic heterocycles. The van der Waals surface area contributed by atoms with Crippen molar-refractivity contribution in [3.8, 4) is 5.75 Å². The molecule has 1 saturated heterocycles. The van der Waals surface area contributed by atoms with Crippen LogP contribution in [0.2, 0.25) is 5.02 Å². The predicted molar refractivity (Wildman–Crippen MR) is 101 cm³/mol. The first kappa shape index (κ1) is 17.9. The van der Waals surface area contributed by atoms with E-state index in [1.807, 2.05) is 18.2 Å². The fourth-order valence-electron chi connectivity index (χ4n) is 2.74. The number of carbonyl (C=O) groups is 2. The number of hydrazone groups is 1. The van der Waals surface area contributed by atoms with Gasteiger partial charge < -0.3 is 9.64 Å². The highest BCUT2D eigenvalue weighted by molar-refractivity contribution is 6.30. The van der Waals surface area contributed by atoms with Crippen LogP contribution in [0.25, 0.3) is 0 Å². The van der Waals surface area contributed by atoms with E-state index in [0.29, 0.717) is 17.3 Å². The van der Waals surface area contributed by atoms with E-state index in [-0.39, 0.29) is 18.2 Å². The number of nitrogens with zero attached hydrogens (tertiary/aromatic N) is 2. The first-order chi connectivity index (χ1) is 12.6. The van der Waals surface area contributed by atoms with E-state index in [1.54, 1.807) is 42.3 Å². The maximum Gasteiger partial charge on any atom is 0.245 e. The molecule has 0 unspecified atom stereocenters. The van der Waals surface area contributed by atoms with Crippen LogP contribution < -0.4 is 15.1 Å². The summed E-state index contributed by atoms with van der Waals surface area (Å²) < 4.78 is 5.14. The van der Waals surface area contributed by atoms with Gasteiger partial charge in [0.1, 0.15) is 5.75 Å². The van der Waals surface area contributed by atoms with E-state index in [2.05, 4.69) is 10.5 Å². The quantitative estimate of drug-likeness (QED) is 0.649. The highest BCUT2D eigenvalue weighted by atomic mass is 35.5. The molecule has 0 bridgehead atoms. The first-order valence-corrected chi connectivity index (χ1v) is 8.47. The number of carbonyl (C=O) groups excluding carboxylic acids is 2. The summed E-state index contributed by atoms with van der Waals surface area (Å²) in [6, 6.07) is 14.3. The Hall–Kier alpha value is -2.86. The molecule has 7 heteroatoms. The summed E-state index contributed by atoms with van der Waals surface area (Å²) in [6.07, 6.45) is 1.69. The van der Waals surface area contributed by atoms with Gasteiger partial charge >= 0.3 is 0 Å². The lowest BCUT2D eigenvalue weighted by Gasteiger charge is -2.16. The molecular weight excluding hydrogens is 354 g/mol. The van der Waals surface area contributed by atoms with Crippen molar-refractivity contribution in [1.82, 2.24) is 5.43 Å². The molecule has 0 radical (unpaired) electrons. The minimum absolute atomic E-state index is 0.0933. The Balaban J connectivity index is 1.59. The number of benzene rings is 2. The van der Waals surface area contributed by atoms with E-state index in [0.717, 1.165) is 11.3 Å². The Bertz CT molecular complexity index is 836. The SMILES string of the molecule is COc1cccc(/C=N\NC(=O)[C@H]2CC(=O)N(c3ccc(Cl)cc3)C2)c1. The van der Waals surface area contributed by atoms with Crippen molar-refractivity contribution in [1.29, 1.82) is 0 Å². The van der Waals surface area contributed by atoms with Crippen molar-refractivity contribution in [2.24, 2.45) is 11.0 Å². The van der Waals surface area contributed by atoms with Crippen molar-refractivity contribution in [2.45, 2.75) is 6.42 Å². The molecule has 0 aliphatic carbocycles. The van der Waals surface area contributed by atoms with Gasteiger partial charge in [-0.05, 0) is 42.0 Å². The second-order valence-electron chi connectivity index (χ2n) is 5.89. The lowest BCUT2D eigenvalue weighted by atomic mass is 10.1. The number of nitrogens with one attached hydrogen (secondary N) is 1. The second-order valence-corrected chi connectivity index (χ2v) is 6.33. The number of ether oxygens (including phenoxy) is 1. The molecule has 0 saturated carbocycles. The lowest BCUT2D eigenvalue weighted by molar-refractivity contribution is -0.126. The molecule has 26 heavy (non-hydrogen) atoms. The fourth-order valence-corrected chi connectivity index (χ4v) is 2.86. The number of amides is 2. The molecule has 0 spiro atoms. The summed E-state index contributed by atoms with van der Waals surface area (Å²) in [6.45, 7) is 0.320. The Morgan fingerprint density at radius 1 is 1.31 bits per heavy atom. The largest absolute Gasteiger partial charge is 0.497 e. The molecule has 2 amide bonds. The second kappa shape index (κ2) is 8.01. The van der Waals surface area contributed by atoms with Crippen LogP contribution in [0.5, 0.6) is 5.75 Å². The van der Waals surface area contributed by atoms with Crippen molar-refractivity contribution < 1.29 is 14.3 Å². The molecule has 3 rings (SSSR count). The molecule has 1 N–H and O–H groups in total. The zero-order chi connectivity index (χ0) is 18.5. The number of anilines is 1. The number of rotatable bonds is 5. The van der Waals surface area contributed by atoms with E-state index in [1.165, 1.54) is 6.21 Å². The molecule has 2 aromatic carbocycles. The minimum Gasteiger partial charge on any atom is -0.497 e. The third-order valence-corrected chi connectivity index (χ3v) is 4.37. The zero-order valence-corrected chi connectivity index (χ0v) is 14.9. The van der Waals surface area contributed by atoms with Gasteiger partial charge in [0.05, 0.1) is 19.2 Å². The Labute approximate surface area is 156 Å². The number of halogens is 1. The maximum atomic E-state index is 12.3. The van der Waals surface area contributed by atoms with E-state index >= 15 is 0 Å². The van der Waals surface area contributed by atoms with Crippen LogP contribution in [0.15, 0.2) is 53.6 Å². The van der Waals surface area contributed by atoms with Crippen LogP contribution in [0.4, 0.5) is 5.69 Å². The molecule has 6 nitrogen and oxygen atoms in total. The number of hydrogen-bond acceptors (Lipinski definition) is 4. The third-order valence-electron chi connectivity index (χ3n) is 4.12. The first-order valence-electron chi connectivity index (χ1n) is 8.09. The van der Waals surface area contributed by atoms with Crippen molar-refractivity contribution in [2.75, 3.05) is 18.6 Å². The molecule has 1 aliphatic heterocycles. The van der Waals surface area contributed by atoms with Gasteiger partial charge in [0.15, 0.2) is 0 Å². The van der Waals surface area contributed by atoms with Gasteiger partial charge in [0.2, 0.25) is 11.8 Å². The van der Waals surface area contributed by atoms with Gasteiger partial charge in [-0.15, -0.1) is 0 Å². The van der Waals surface area contributed by atoms with Crippen LogP contribution in [0.3, 0.4) is 0 Å². The van der Waals surface area contributed by atoms with Gasteiger partial charge in [0, 0.05) is 23.7 Å². The summed E-state index contributed by atoms with van der Waals surface area (Å²) in [5, 5.41) is 4.57. The van der Waals surface area contributed by atoms with Gasteiger partial charge in [-0.1, -0.05) is 23.7 Å². The van der Waals surface area contributed by atoms with Crippen LogP contribution in [0, 0.1) is 5.92 Å². The van der Waals surface area contributed by atoms with Gasteiger partial charge in [0.25, 0.3) is 0 Å². The average Bonchev–Trinajstić information content (AvgIpc) is 3.04. The van der Waals surface area contributed by atoms with Crippen molar-refractivity contribution in [3.05, 3.63) is 59.1 Å². The van der Waals surface area contributed by atoms with Crippen LogP contribution in [0.1, 0.15) is 12.0 Å². The molecule has 134 valence electrons. The standard InChI is InChI=1S/C19H18ClN3O3/c1-26-17-4-2-3-13(9-17)11-21-22-19(25)14-10-18(24)23(12-14)16-7-5-15(20)6-8-16/h2-9,11,14H,10,12H2,1H3,(H,22,25)/b21-11-/t14-/m0/s1. The maximum absolute atomic E-state index is 12.3. The van der Waals surface area contributed by atoms with E-state index in [4.69, 9.17) is 16.3 Å². The highest BCUT2D eigenvalue weighted by Crippen LogP contribution is 2.26. The van der Waals surface area contributed by atoms with Crippen molar-refractivity contribution >= 4 is 35.3 Å². The number of hydrogen-bond donors (Lipinski definition) is 1. The average molecular weight is 372 g/mol. The molecule has 1 heterocycles. The summed E-state index contributed by atoms with van der Waals surface area (Å²) in [7, 11) is 1.58. The highest BCUT2D eigenvalue weighted by Gasteiger charge is 2.35. The topological polar surface area (TPSA) is 71.0 Å². The summed E-state index contributed by atoms with van der Waals surface area (Å²) in [4.78, 5) is 26.1. The normalized spacial score (nSPS) is 16.9. The molecule has 1 fully saturated rings. The summed E-state index contributed by atoms with van der Waals surface area (Å²) in [5.41, 5.74) is 4.03. The zero-order valence-electron chi connectivity index (χ0n) is 14.2. The Kier molecular flexibility index (Phi) is 5.53.